The monoisotopic (exact) mass is 671 g/mol. The van der Waals surface area contributed by atoms with E-state index in [4.69, 9.17) is 9.47 Å². The highest BCUT2D eigenvalue weighted by Crippen LogP contribution is 2.65. The van der Waals surface area contributed by atoms with Crippen molar-refractivity contribution in [2.45, 2.75) is 89.0 Å². The number of aliphatic hydroxyl groups excluding tert-OH is 1. The highest BCUT2D eigenvalue weighted by Gasteiger charge is 2.79. The van der Waals surface area contributed by atoms with Gasteiger partial charge in [0.05, 0.1) is 30.8 Å². The average molecular weight is 672 g/mol. The van der Waals surface area contributed by atoms with Crippen LogP contribution < -0.4 is 9.80 Å². The molecule has 5 rings (SSSR count). The molecule has 264 valence electrons. The largest absolute Gasteiger partial charge is 0.465 e. The topological polar surface area (TPSA) is 99.6 Å². The minimum atomic E-state index is -1.25. The molecule has 49 heavy (non-hydrogen) atoms. The van der Waals surface area contributed by atoms with Gasteiger partial charge in [-0.15, -0.1) is 13.2 Å². The first-order valence-electron chi connectivity index (χ1n) is 18.0. The fraction of sp³-hybridized carbons (Fsp3) is 0.525. The molecule has 1 spiro atoms. The number of likely N-dealkylation sites (tertiary alicyclic amines) is 1. The predicted molar refractivity (Wildman–Crippen MR) is 192 cm³/mol. The zero-order valence-electron chi connectivity index (χ0n) is 29.4. The Balaban J connectivity index is 1.57. The van der Waals surface area contributed by atoms with E-state index in [1.807, 2.05) is 67.6 Å². The van der Waals surface area contributed by atoms with Crippen molar-refractivity contribution in [2.24, 2.45) is 11.8 Å². The number of carbonyl (C=O) groups excluding carboxylic acids is 3. The van der Waals surface area contributed by atoms with Crippen LogP contribution >= 0.6 is 0 Å². The van der Waals surface area contributed by atoms with Gasteiger partial charge in [-0.25, -0.2) is 0 Å². The third kappa shape index (κ3) is 6.67. The predicted octanol–water partition coefficient (Wildman–Crippen LogP) is 5.71. The van der Waals surface area contributed by atoms with Gasteiger partial charge in [-0.3, -0.25) is 14.4 Å². The molecule has 9 nitrogen and oxygen atoms in total. The Bertz CT molecular complexity index is 1480. The Morgan fingerprint density at radius 3 is 2.33 bits per heavy atom. The number of nitrogens with zero attached hydrogens (tertiary/aromatic N) is 3. The van der Waals surface area contributed by atoms with E-state index in [1.54, 1.807) is 15.9 Å². The van der Waals surface area contributed by atoms with Gasteiger partial charge < -0.3 is 29.3 Å². The Morgan fingerprint density at radius 2 is 1.71 bits per heavy atom. The normalized spacial score (nSPS) is 25.9. The van der Waals surface area contributed by atoms with E-state index < -0.39 is 41.1 Å². The highest BCUT2D eigenvalue weighted by atomic mass is 16.6. The summed E-state index contributed by atoms with van der Waals surface area (Å²) in [6, 6.07) is 15.7. The number of allylic oxidation sites excluding steroid dienone is 1. The lowest BCUT2D eigenvalue weighted by Gasteiger charge is -2.39. The molecule has 9 heteroatoms. The quantitative estimate of drug-likeness (QED) is 0.123. The molecule has 1 N–H and O–H groups in total. The number of benzene rings is 2. The third-order valence-corrected chi connectivity index (χ3v) is 10.9. The summed E-state index contributed by atoms with van der Waals surface area (Å²) in [5.74, 6) is -2.87. The number of hydrogen-bond acceptors (Lipinski definition) is 7. The summed E-state index contributed by atoms with van der Waals surface area (Å²) >= 11 is 0. The Hall–Kier alpha value is -3.95. The Labute approximate surface area is 291 Å². The fourth-order valence-corrected chi connectivity index (χ4v) is 8.51. The summed E-state index contributed by atoms with van der Waals surface area (Å²) in [5.41, 5.74) is 0.487. The molecule has 3 saturated heterocycles. The highest BCUT2D eigenvalue weighted by molar-refractivity contribution is 6.05. The Kier molecular flexibility index (Phi) is 11.7. The number of carbonyl (C=O) groups is 3. The third-order valence-electron chi connectivity index (χ3n) is 10.9. The van der Waals surface area contributed by atoms with Crippen LogP contribution in [0.15, 0.2) is 79.9 Å². The van der Waals surface area contributed by atoms with Gasteiger partial charge in [-0.05, 0) is 88.6 Å². The minimum absolute atomic E-state index is 0.209. The van der Waals surface area contributed by atoms with Crippen molar-refractivity contribution in [3.63, 3.8) is 0 Å². The van der Waals surface area contributed by atoms with Gasteiger partial charge in [-0.1, -0.05) is 49.4 Å². The Morgan fingerprint density at radius 1 is 1.02 bits per heavy atom. The number of esters is 1. The van der Waals surface area contributed by atoms with E-state index in [0.29, 0.717) is 37.8 Å². The molecule has 0 aromatic heterocycles. The maximum atomic E-state index is 15.2. The van der Waals surface area contributed by atoms with Gasteiger partial charge in [0.25, 0.3) is 5.91 Å². The van der Waals surface area contributed by atoms with Crippen molar-refractivity contribution < 1.29 is 29.0 Å². The molecule has 0 aliphatic carbocycles. The minimum Gasteiger partial charge on any atom is -0.465 e. The van der Waals surface area contributed by atoms with Crippen molar-refractivity contribution in [1.82, 2.24) is 4.90 Å². The van der Waals surface area contributed by atoms with Crippen molar-refractivity contribution in [2.75, 3.05) is 42.6 Å². The zero-order chi connectivity index (χ0) is 35.2. The van der Waals surface area contributed by atoms with Crippen LogP contribution in [0.4, 0.5) is 11.4 Å². The molecule has 2 amide bonds. The van der Waals surface area contributed by atoms with Crippen LogP contribution in [0.3, 0.4) is 0 Å². The zero-order valence-corrected chi connectivity index (χ0v) is 29.4. The molecular weight excluding hydrogens is 618 g/mol. The van der Waals surface area contributed by atoms with Gasteiger partial charge in [0.15, 0.2) is 0 Å². The summed E-state index contributed by atoms with van der Waals surface area (Å²) in [4.78, 5) is 49.4. The molecule has 3 heterocycles. The van der Waals surface area contributed by atoms with Gasteiger partial charge in [0.2, 0.25) is 5.91 Å². The molecule has 2 unspecified atom stereocenters. The van der Waals surface area contributed by atoms with Gasteiger partial charge >= 0.3 is 5.97 Å². The summed E-state index contributed by atoms with van der Waals surface area (Å²) in [6.45, 7) is 15.7. The number of anilines is 2. The van der Waals surface area contributed by atoms with Crippen LogP contribution in [-0.2, 0) is 30.3 Å². The number of hydrogen-bond donors (Lipinski definition) is 1. The number of fused-ring (bicyclic) bond motifs is 1. The molecule has 2 bridgehead atoms. The number of rotatable bonds is 18. The van der Waals surface area contributed by atoms with Gasteiger partial charge in [-0.2, -0.15) is 0 Å². The second-order valence-corrected chi connectivity index (χ2v) is 13.5. The molecule has 6 atom stereocenters. The number of amides is 2. The first-order chi connectivity index (χ1) is 23.7. The standard InChI is InChI=1S/C40H53N3O6/c1-6-11-12-16-26-48-38(47)34-33-36(45)43(32(28-44)27-29-17-14-13-15-18-29)35(40(33)24-23-39(34,8-3)49-40)37(46)42(25-7-2)31-21-19-30(20-22-31)41(9-4)10-5/h6-7,13-15,17-22,32-35,44H,1-2,8-12,16,23-28H2,3-5H3/t32-,33+,34+,35?,39-,40?/m1/s1. The lowest BCUT2D eigenvalue weighted by molar-refractivity contribution is -0.162. The van der Waals surface area contributed by atoms with E-state index in [9.17, 15) is 14.7 Å². The second-order valence-electron chi connectivity index (χ2n) is 13.5. The van der Waals surface area contributed by atoms with Crippen LogP contribution in [-0.4, -0.2) is 83.9 Å². The lowest BCUT2D eigenvalue weighted by atomic mass is 9.65. The number of unbranched alkanes of at least 4 members (excludes halogenated alkanes) is 2. The van der Waals surface area contributed by atoms with E-state index in [-0.39, 0.29) is 31.6 Å². The molecule has 3 aliphatic heterocycles. The van der Waals surface area contributed by atoms with Crippen LogP contribution in [0.1, 0.15) is 64.9 Å². The smallest absolute Gasteiger partial charge is 0.312 e. The summed E-state index contributed by atoms with van der Waals surface area (Å²) in [5, 5.41) is 10.9. The average Bonchev–Trinajstić information content (AvgIpc) is 3.74. The second kappa shape index (κ2) is 15.7. The van der Waals surface area contributed by atoms with Crippen molar-refractivity contribution in [1.29, 1.82) is 0 Å². The molecule has 2 aromatic carbocycles. The molecular formula is C40H53N3O6. The molecule has 3 fully saturated rings. The SMILES string of the molecule is C=CCCCCOC(=O)[C@@H]1[C@H]2C(=O)N([C@@H](CO)Cc3ccccc3)C(C(=O)N(CC=C)c3ccc(N(CC)CC)cc3)C23CC[C@@]1(CC)O3. The van der Waals surface area contributed by atoms with Gasteiger partial charge in [0.1, 0.15) is 17.6 Å². The van der Waals surface area contributed by atoms with E-state index >= 15 is 4.79 Å². The summed E-state index contributed by atoms with van der Waals surface area (Å²) in [7, 11) is 0. The van der Waals surface area contributed by atoms with Crippen molar-refractivity contribution in [3.8, 4) is 0 Å². The lowest BCUT2D eigenvalue weighted by Crippen LogP contribution is -2.59. The maximum Gasteiger partial charge on any atom is 0.312 e. The first kappa shape index (κ1) is 36.3. The summed E-state index contributed by atoms with van der Waals surface area (Å²) in [6.07, 6.45) is 7.70. The maximum absolute atomic E-state index is 15.2. The van der Waals surface area contributed by atoms with Crippen LogP contribution in [0.5, 0.6) is 0 Å². The van der Waals surface area contributed by atoms with E-state index in [2.05, 4.69) is 31.9 Å². The number of aliphatic hydroxyl groups is 1. The molecule has 0 saturated carbocycles. The van der Waals surface area contributed by atoms with E-state index in [1.165, 1.54) is 0 Å². The number of ether oxygens (including phenoxy) is 2. The van der Waals surface area contributed by atoms with Crippen LogP contribution in [0.2, 0.25) is 0 Å². The first-order valence-corrected chi connectivity index (χ1v) is 18.0. The molecule has 0 radical (unpaired) electrons. The van der Waals surface area contributed by atoms with Crippen LogP contribution in [0, 0.1) is 11.8 Å². The fourth-order valence-electron chi connectivity index (χ4n) is 8.51. The van der Waals surface area contributed by atoms with Crippen LogP contribution in [0.25, 0.3) is 0 Å². The van der Waals surface area contributed by atoms with Crippen molar-refractivity contribution in [3.05, 3.63) is 85.5 Å². The van der Waals surface area contributed by atoms with Crippen molar-refractivity contribution >= 4 is 29.2 Å². The molecule has 2 aromatic rings. The molecule has 3 aliphatic rings. The van der Waals surface area contributed by atoms with E-state index in [0.717, 1.165) is 37.2 Å². The summed E-state index contributed by atoms with van der Waals surface area (Å²) < 4.78 is 12.8. The van der Waals surface area contributed by atoms with Gasteiger partial charge in [0, 0.05) is 31.0 Å².